The minimum Gasteiger partial charge on any atom is -0.480 e. The van der Waals surface area contributed by atoms with Gasteiger partial charge in [0.25, 0.3) is 0 Å². The van der Waals surface area contributed by atoms with Gasteiger partial charge >= 0.3 is 5.97 Å². The Balaban J connectivity index is 2.12. The number of hydrogen-bond acceptors (Lipinski definition) is 12. The summed E-state index contributed by atoms with van der Waals surface area (Å²) in [4.78, 5) is 10.7. The summed E-state index contributed by atoms with van der Waals surface area (Å²) < 4.78 is 20.5. The number of ether oxygens (including phenoxy) is 4. The predicted octanol–water partition coefficient (Wildman–Crippen LogP) is -5.29. The Bertz CT molecular complexity index is 488. The van der Waals surface area contributed by atoms with E-state index in [0.29, 0.717) is 0 Å². The first-order chi connectivity index (χ1) is 12.7. The molecule has 2 saturated heterocycles. The first-order valence-corrected chi connectivity index (χ1v) is 8.13. The van der Waals surface area contributed by atoms with E-state index >= 15 is 0 Å². The molecule has 13 nitrogen and oxygen atoms in total. The standard InChI is InChI=1S/C14H24O13/c15-1-4-7(19)9(21)10(22)13(25-4)27-14-11(23)12(24-3-6(17)18)8(20)5(2-16)26-14/h4-5,7-16,19-23H,1-3H2,(H,17,18)/t4-,5-,7-,8+,9+,10+,11-,12+,13-,14+/m1/s1. The minimum absolute atomic E-state index is 0.707. The molecule has 0 aliphatic carbocycles. The van der Waals surface area contributed by atoms with E-state index in [1.165, 1.54) is 0 Å². The van der Waals surface area contributed by atoms with Crippen molar-refractivity contribution in [2.24, 2.45) is 0 Å². The normalized spacial score (nSPS) is 45.6. The molecule has 2 rings (SSSR count). The van der Waals surface area contributed by atoms with E-state index in [1.54, 1.807) is 0 Å². The Morgan fingerprint density at radius 2 is 1.30 bits per heavy atom. The summed E-state index contributed by atoms with van der Waals surface area (Å²) in [5.74, 6) is -1.37. The lowest BCUT2D eigenvalue weighted by molar-refractivity contribution is -0.378. The highest BCUT2D eigenvalue weighted by molar-refractivity contribution is 5.68. The van der Waals surface area contributed by atoms with Crippen molar-refractivity contribution < 1.29 is 64.6 Å². The number of aliphatic carboxylic acids is 1. The maximum Gasteiger partial charge on any atom is 0.329 e. The smallest absolute Gasteiger partial charge is 0.329 e. The molecular weight excluding hydrogens is 376 g/mol. The van der Waals surface area contributed by atoms with Crippen LogP contribution in [0.2, 0.25) is 0 Å². The van der Waals surface area contributed by atoms with Crippen molar-refractivity contribution in [3.63, 3.8) is 0 Å². The van der Waals surface area contributed by atoms with Crippen LogP contribution < -0.4 is 0 Å². The highest BCUT2D eigenvalue weighted by atomic mass is 16.8. The summed E-state index contributed by atoms with van der Waals surface area (Å²) in [5, 5.41) is 76.9. The van der Waals surface area contributed by atoms with Gasteiger partial charge in [0, 0.05) is 0 Å². The summed E-state index contributed by atoms with van der Waals surface area (Å²) in [6.07, 6.45) is -15.9. The third-order valence-corrected chi connectivity index (χ3v) is 4.34. The van der Waals surface area contributed by atoms with E-state index in [9.17, 15) is 35.4 Å². The van der Waals surface area contributed by atoms with Gasteiger partial charge in [-0.25, -0.2) is 4.79 Å². The zero-order valence-electron chi connectivity index (χ0n) is 14.0. The topological polar surface area (TPSA) is 216 Å². The first-order valence-electron chi connectivity index (χ1n) is 8.13. The molecule has 158 valence electrons. The molecule has 0 saturated carbocycles. The second kappa shape index (κ2) is 9.49. The van der Waals surface area contributed by atoms with Gasteiger partial charge in [0.1, 0.15) is 55.4 Å². The van der Waals surface area contributed by atoms with Crippen LogP contribution in [0, 0.1) is 0 Å². The second-order valence-corrected chi connectivity index (χ2v) is 6.21. The van der Waals surface area contributed by atoms with Gasteiger partial charge in [0.05, 0.1) is 13.2 Å². The summed E-state index contributed by atoms with van der Waals surface area (Å²) in [6, 6.07) is 0. The Kier molecular flexibility index (Phi) is 7.84. The fourth-order valence-corrected chi connectivity index (χ4v) is 2.84. The van der Waals surface area contributed by atoms with E-state index in [1.807, 2.05) is 0 Å². The van der Waals surface area contributed by atoms with E-state index in [2.05, 4.69) is 0 Å². The maximum atomic E-state index is 10.7. The number of rotatable bonds is 7. The minimum atomic E-state index is -1.78. The Hall–Kier alpha value is -0.970. The number of hydrogen-bond donors (Lipinski definition) is 8. The summed E-state index contributed by atoms with van der Waals surface area (Å²) in [7, 11) is 0. The van der Waals surface area contributed by atoms with Crippen LogP contribution in [0.15, 0.2) is 0 Å². The highest BCUT2D eigenvalue weighted by Gasteiger charge is 2.50. The van der Waals surface area contributed by atoms with Crippen molar-refractivity contribution in [3.05, 3.63) is 0 Å². The fraction of sp³-hybridized carbons (Fsp3) is 0.929. The Morgan fingerprint density at radius 3 is 1.81 bits per heavy atom. The fourth-order valence-electron chi connectivity index (χ4n) is 2.84. The molecule has 2 aliphatic heterocycles. The van der Waals surface area contributed by atoms with Gasteiger partial charge in [-0.1, -0.05) is 0 Å². The van der Waals surface area contributed by atoms with Crippen molar-refractivity contribution in [2.45, 2.75) is 61.4 Å². The summed E-state index contributed by atoms with van der Waals surface area (Å²) in [5.41, 5.74) is 0. The molecule has 0 aromatic rings. The van der Waals surface area contributed by atoms with Gasteiger partial charge in [0.15, 0.2) is 12.6 Å². The van der Waals surface area contributed by atoms with Gasteiger partial charge in [-0.3, -0.25) is 0 Å². The number of carboxylic acid groups (broad SMARTS) is 1. The van der Waals surface area contributed by atoms with Gasteiger partial charge in [0.2, 0.25) is 0 Å². The largest absolute Gasteiger partial charge is 0.480 e. The molecule has 8 N–H and O–H groups in total. The molecule has 0 aromatic heterocycles. The first kappa shape index (κ1) is 22.3. The second-order valence-electron chi connectivity index (χ2n) is 6.21. The van der Waals surface area contributed by atoms with Crippen LogP contribution in [0.5, 0.6) is 0 Å². The predicted molar refractivity (Wildman–Crippen MR) is 80.0 cm³/mol. The summed E-state index contributed by atoms with van der Waals surface area (Å²) in [6.45, 7) is -2.29. The molecule has 13 heteroatoms. The molecule has 2 heterocycles. The molecule has 0 radical (unpaired) electrons. The Labute approximate surface area is 152 Å². The molecule has 0 bridgehead atoms. The number of carboxylic acids is 1. The van der Waals surface area contributed by atoms with Gasteiger partial charge in [-0.15, -0.1) is 0 Å². The molecule has 2 aliphatic rings. The lowest BCUT2D eigenvalue weighted by atomic mass is 9.98. The molecule has 0 unspecified atom stereocenters. The molecule has 2 fully saturated rings. The van der Waals surface area contributed by atoms with Crippen molar-refractivity contribution in [3.8, 4) is 0 Å². The van der Waals surface area contributed by atoms with Crippen LogP contribution in [-0.2, 0) is 23.7 Å². The van der Waals surface area contributed by atoms with E-state index < -0.39 is 87.2 Å². The lowest BCUT2D eigenvalue weighted by Crippen LogP contribution is -2.64. The van der Waals surface area contributed by atoms with Crippen LogP contribution in [0.25, 0.3) is 0 Å². The summed E-state index contributed by atoms with van der Waals surface area (Å²) >= 11 is 0. The molecule has 0 amide bonds. The zero-order valence-corrected chi connectivity index (χ0v) is 14.0. The third kappa shape index (κ3) is 4.90. The van der Waals surface area contributed by atoms with Crippen LogP contribution in [0.1, 0.15) is 0 Å². The average Bonchev–Trinajstić information content (AvgIpc) is 2.63. The highest BCUT2D eigenvalue weighted by Crippen LogP contribution is 2.29. The van der Waals surface area contributed by atoms with Gasteiger partial charge in [-0.05, 0) is 0 Å². The number of aliphatic hydroxyl groups excluding tert-OH is 7. The molecular formula is C14H24O13. The van der Waals surface area contributed by atoms with Crippen LogP contribution in [0.3, 0.4) is 0 Å². The van der Waals surface area contributed by atoms with Gasteiger partial charge in [-0.2, -0.15) is 0 Å². The van der Waals surface area contributed by atoms with E-state index in [-0.39, 0.29) is 0 Å². The van der Waals surface area contributed by atoms with Crippen LogP contribution in [0.4, 0.5) is 0 Å². The molecule has 27 heavy (non-hydrogen) atoms. The monoisotopic (exact) mass is 400 g/mol. The van der Waals surface area contributed by atoms with E-state index in [4.69, 9.17) is 29.2 Å². The van der Waals surface area contributed by atoms with Gasteiger partial charge < -0.3 is 59.8 Å². The van der Waals surface area contributed by atoms with E-state index in [0.717, 1.165) is 0 Å². The van der Waals surface area contributed by atoms with Crippen molar-refractivity contribution in [1.82, 2.24) is 0 Å². The van der Waals surface area contributed by atoms with Crippen molar-refractivity contribution >= 4 is 5.97 Å². The van der Waals surface area contributed by atoms with Crippen molar-refractivity contribution in [2.75, 3.05) is 19.8 Å². The quantitative estimate of drug-likeness (QED) is 0.201. The molecule has 0 aromatic carbocycles. The number of aliphatic hydroxyl groups is 7. The zero-order chi connectivity index (χ0) is 20.3. The lowest BCUT2D eigenvalue weighted by Gasteiger charge is -2.45. The molecule has 0 spiro atoms. The Morgan fingerprint density at radius 1 is 0.778 bits per heavy atom. The third-order valence-electron chi connectivity index (χ3n) is 4.34. The SMILES string of the molecule is O=C(O)CO[C@H]1[C@@H](O)[C@@H](CO)O[C@@H](O[C@H]2O[C@H](CO)[C@@H](O)[C@H](O)[C@@H]2O)[C@@H]1O. The maximum absolute atomic E-state index is 10.7. The van der Waals surface area contributed by atoms with Crippen molar-refractivity contribution in [1.29, 1.82) is 0 Å². The van der Waals surface area contributed by atoms with Crippen LogP contribution >= 0.6 is 0 Å². The average molecular weight is 400 g/mol. The number of carbonyl (C=O) groups is 1. The van der Waals surface area contributed by atoms with Crippen LogP contribution in [-0.4, -0.2) is 128 Å². The molecule has 10 atom stereocenters.